The van der Waals surface area contributed by atoms with Crippen LogP contribution in [0.1, 0.15) is 79.1 Å². The van der Waals surface area contributed by atoms with Gasteiger partial charge in [-0.2, -0.15) is 0 Å². The van der Waals surface area contributed by atoms with E-state index in [-0.39, 0.29) is 25.2 Å². The van der Waals surface area contributed by atoms with Crippen LogP contribution in [0.15, 0.2) is 0 Å². The van der Waals surface area contributed by atoms with Gasteiger partial charge in [0.05, 0.1) is 12.5 Å². The molecule has 0 aliphatic rings. The van der Waals surface area contributed by atoms with Gasteiger partial charge in [-0.05, 0) is 44.1 Å². The summed E-state index contributed by atoms with van der Waals surface area (Å²) in [6.07, 6.45) is 1.52. The van der Waals surface area contributed by atoms with Gasteiger partial charge in [-0.25, -0.2) is 0 Å². The number of nitrogens with two attached hydrogens (primary N) is 5. The van der Waals surface area contributed by atoms with Crippen molar-refractivity contribution < 1.29 is 33.6 Å². The summed E-state index contributed by atoms with van der Waals surface area (Å²) < 4.78 is 0. The van der Waals surface area contributed by atoms with Crippen molar-refractivity contribution in [2.24, 2.45) is 40.5 Å². The molecule has 0 bridgehead atoms. The number of amides is 7. The van der Waals surface area contributed by atoms with Crippen molar-refractivity contribution in [1.82, 2.24) is 21.3 Å². The number of rotatable bonds is 22. The van der Waals surface area contributed by atoms with Crippen molar-refractivity contribution in [3.8, 4) is 0 Å². The summed E-state index contributed by atoms with van der Waals surface area (Å²) in [5, 5.41) is 10.2. The van der Waals surface area contributed by atoms with Gasteiger partial charge in [-0.3, -0.25) is 33.6 Å². The zero-order valence-electron chi connectivity index (χ0n) is 25.6. The van der Waals surface area contributed by atoms with Crippen molar-refractivity contribution in [1.29, 1.82) is 0 Å². The van der Waals surface area contributed by atoms with Gasteiger partial charge in [-0.15, -0.1) is 0 Å². The fourth-order valence-corrected chi connectivity index (χ4v) is 4.06. The standard InChI is InChI=1S/C27H51N9O7/c1-5-14(3)21(36-27(43)22(15(4)6-2)35-24(40)16(29)10-11-19(30)37)26(42)34-18(13-20(31)38)25(41)33-17(23(32)39)9-7-8-12-28/h14-18,21-22H,5-13,28-29H2,1-4H3,(H2,30,37)(H2,31,38)(H2,32,39)(H,33,41)(H,34,42)(H,35,40)(H,36,43)/t14-,15-,16-,17-,18-,21-,22-/m0/s1. The van der Waals surface area contributed by atoms with Crippen molar-refractivity contribution in [3.63, 3.8) is 0 Å². The predicted octanol–water partition coefficient (Wildman–Crippen LogP) is -2.90. The minimum absolute atomic E-state index is 0.0130. The molecular weight excluding hydrogens is 562 g/mol. The third-order valence-corrected chi connectivity index (χ3v) is 7.27. The summed E-state index contributed by atoms with van der Waals surface area (Å²) in [5.74, 6) is -6.10. The molecule has 0 aromatic heterocycles. The summed E-state index contributed by atoms with van der Waals surface area (Å²) >= 11 is 0. The molecule has 246 valence electrons. The van der Waals surface area contributed by atoms with Crippen LogP contribution in [0.5, 0.6) is 0 Å². The van der Waals surface area contributed by atoms with E-state index in [1.807, 2.05) is 6.92 Å². The zero-order chi connectivity index (χ0) is 33.3. The number of hydrogen-bond donors (Lipinski definition) is 9. The molecule has 0 aromatic rings. The Hall–Kier alpha value is -3.79. The number of nitrogens with one attached hydrogen (secondary N) is 4. The molecule has 0 saturated heterocycles. The van der Waals surface area contributed by atoms with Gasteiger partial charge < -0.3 is 49.9 Å². The van der Waals surface area contributed by atoms with Crippen LogP contribution >= 0.6 is 0 Å². The van der Waals surface area contributed by atoms with Crippen LogP contribution in [-0.2, 0) is 33.6 Å². The molecule has 43 heavy (non-hydrogen) atoms. The average molecular weight is 614 g/mol. The number of carbonyl (C=O) groups is 7. The van der Waals surface area contributed by atoms with E-state index >= 15 is 0 Å². The van der Waals surface area contributed by atoms with Gasteiger partial charge in [0.15, 0.2) is 0 Å². The van der Waals surface area contributed by atoms with Crippen LogP contribution in [-0.4, -0.2) is 78.1 Å². The molecule has 0 radical (unpaired) electrons. The lowest BCUT2D eigenvalue weighted by Gasteiger charge is -2.30. The van der Waals surface area contributed by atoms with Crippen LogP contribution < -0.4 is 49.9 Å². The molecule has 7 amide bonds. The molecule has 0 aliphatic carbocycles. The van der Waals surface area contributed by atoms with E-state index in [1.54, 1.807) is 20.8 Å². The smallest absolute Gasteiger partial charge is 0.243 e. The molecular formula is C27H51N9O7. The lowest BCUT2D eigenvalue weighted by Crippen LogP contribution is -2.61. The van der Waals surface area contributed by atoms with Crippen molar-refractivity contribution >= 4 is 41.4 Å². The van der Waals surface area contributed by atoms with E-state index in [1.165, 1.54) is 0 Å². The largest absolute Gasteiger partial charge is 0.370 e. The number of primary amides is 3. The van der Waals surface area contributed by atoms with E-state index in [0.29, 0.717) is 32.2 Å². The van der Waals surface area contributed by atoms with Crippen LogP contribution in [0, 0.1) is 11.8 Å². The summed E-state index contributed by atoms with van der Waals surface area (Å²) in [7, 11) is 0. The SMILES string of the molecule is CC[C@H](C)[C@H](NC(=O)[C@@H](NC(=O)[C@@H](N)CCC(N)=O)[C@@H](C)CC)C(=O)N[C@@H](CC(N)=O)C(=O)N[C@@H](CCCCN)C(N)=O. The minimum Gasteiger partial charge on any atom is -0.370 e. The first-order valence-electron chi connectivity index (χ1n) is 14.6. The van der Waals surface area contributed by atoms with Gasteiger partial charge in [0.25, 0.3) is 0 Å². The monoisotopic (exact) mass is 613 g/mol. The molecule has 0 heterocycles. The van der Waals surface area contributed by atoms with Crippen LogP contribution in [0.2, 0.25) is 0 Å². The third-order valence-electron chi connectivity index (χ3n) is 7.27. The zero-order valence-corrected chi connectivity index (χ0v) is 25.6. The highest BCUT2D eigenvalue weighted by atomic mass is 16.2. The summed E-state index contributed by atoms with van der Waals surface area (Å²) in [5.41, 5.74) is 27.2. The fraction of sp³-hybridized carbons (Fsp3) is 0.741. The maximum Gasteiger partial charge on any atom is 0.243 e. The summed E-state index contributed by atoms with van der Waals surface area (Å²) in [6.45, 7) is 7.41. The first-order valence-corrected chi connectivity index (χ1v) is 14.6. The quantitative estimate of drug-likeness (QED) is 0.0565. The fourth-order valence-electron chi connectivity index (χ4n) is 4.06. The second kappa shape index (κ2) is 20.2. The first-order chi connectivity index (χ1) is 20.1. The Labute approximate surface area is 252 Å². The normalized spacial score (nSPS) is 15.9. The molecule has 14 N–H and O–H groups in total. The Balaban J connectivity index is 5.90. The summed E-state index contributed by atoms with van der Waals surface area (Å²) in [6, 6.07) is -5.87. The molecule has 0 spiro atoms. The average Bonchev–Trinajstić information content (AvgIpc) is 2.94. The van der Waals surface area contributed by atoms with Crippen LogP contribution in [0.3, 0.4) is 0 Å². The number of hydrogen-bond acceptors (Lipinski definition) is 9. The molecule has 7 atom stereocenters. The number of carbonyl (C=O) groups excluding carboxylic acids is 7. The molecule has 0 saturated carbocycles. The molecule has 0 aromatic carbocycles. The van der Waals surface area contributed by atoms with Gasteiger partial charge in [-0.1, -0.05) is 40.5 Å². The van der Waals surface area contributed by atoms with Crippen molar-refractivity contribution in [3.05, 3.63) is 0 Å². The first kappa shape index (κ1) is 39.2. The highest BCUT2D eigenvalue weighted by Gasteiger charge is 2.35. The molecule has 16 nitrogen and oxygen atoms in total. The Kier molecular flexibility index (Phi) is 18.4. The maximum atomic E-state index is 13.4. The van der Waals surface area contributed by atoms with E-state index in [2.05, 4.69) is 21.3 Å². The Morgan fingerprint density at radius 3 is 1.56 bits per heavy atom. The highest BCUT2D eigenvalue weighted by Crippen LogP contribution is 2.13. The second-order valence-electron chi connectivity index (χ2n) is 10.8. The molecule has 16 heteroatoms. The topological polar surface area (TPSA) is 298 Å². The lowest BCUT2D eigenvalue weighted by molar-refractivity contribution is -0.136. The Morgan fingerprint density at radius 1 is 0.628 bits per heavy atom. The lowest BCUT2D eigenvalue weighted by atomic mass is 9.94. The van der Waals surface area contributed by atoms with E-state index in [4.69, 9.17) is 28.7 Å². The molecule has 0 rings (SSSR count). The number of unbranched alkanes of at least 4 members (excludes halogenated alkanes) is 1. The third kappa shape index (κ3) is 14.8. The van der Waals surface area contributed by atoms with Gasteiger partial charge in [0.2, 0.25) is 41.4 Å². The van der Waals surface area contributed by atoms with Crippen LogP contribution in [0.4, 0.5) is 0 Å². The van der Waals surface area contributed by atoms with E-state index < -0.39 is 83.9 Å². The van der Waals surface area contributed by atoms with Gasteiger partial charge >= 0.3 is 0 Å². The molecule has 0 unspecified atom stereocenters. The maximum absolute atomic E-state index is 13.4. The minimum atomic E-state index is -1.46. The van der Waals surface area contributed by atoms with Crippen molar-refractivity contribution in [2.45, 2.75) is 109 Å². The van der Waals surface area contributed by atoms with Crippen LogP contribution in [0.25, 0.3) is 0 Å². The highest BCUT2D eigenvalue weighted by molar-refractivity contribution is 5.97. The Morgan fingerprint density at radius 2 is 1.12 bits per heavy atom. The molecule has 0 fully saturated rings. The summed E-state index contributed by atoms with van der Waals surface area (Å²) in [4.78, 5) is 87.2. The molecule has 0 aliphatic heterocycles. The predicted molar refractivity (Wildman–Crippen MR) is 159 cm³/mol. The Bertz CT molecular complexity index is 978. The second-order valence-corrected chi connectivity index (χ2v) is 10.8. The van der Waals surface area contributed by atoms with Gasteiger partial charge in [0, 0.05) is 6.42 Å². The van der Waals surface area contributed by atoms with Gasteiger partial charge in [0.1, 0.15) is 24.2 Å². The van der Waals surface area contributed by atoms with Crippen molar-refractivity contribution in [2.75, 3.05) is 6.54 Å². The van der Waals surface area contributed by atoms with E-state index in [0.717, 1.165) is 0 Å². The van der Waals surface area contributed by atoms with E-state index in [9.17, 15) is 33.6 Å².